The minimum Gasteiger partial charge on any atom is -0.493 e. The quantitative estimate of drug-likeness (QED) is 0.213. The first-order valence-corrected chi connectivity index (χ1v) is 11.3. The highest BCUT2D eigenvalue weighted by molar-refractivity contribution is 6.40. The standard InChI is InChI=1S/C24H19Cl3N4O5/c1-35-21-9-14(12-28-31-24(34)23(33)29-17-4-2-3-15(25)10-17)5-8-20(21)36-13-22(32)30-19-7-6-16(26)11-18(19)27/h2-12H,13H2,1H3,(H,29,33)(H,30,32)(H,31,34)/b28-12-. The summed E-state index contributed by atoms with van der Waals surface area (Å²) in [5, 5.41) is 9.96. The predicted molar refractivity (Wildman–Crippen MR) is 139 cm³/mol. The number of hydrazone groups is 1. The lowest BCUT2D eigenvalue weighted by Crippen LogP contribution is -2.32. The van der Waals surface area contributed by atoms with E-state index in [0.29, 0.717) is 43.5 Å². The number of benzene rings is 3. The van der Waals surface area contributed by atoms with Crippen LogP contribution in [0.3, 0.4) is 0 Å². The highest BCUT2D eigenvalue weighted by atomic mass is 35.5. The number of carbonyl (C=O) groups is 3. The van der Waals surface area contributed by atoms with Crippen molar-refractivity contribution in [3.63, 3.8) is 0 Å². The van der Waals surface area contributed by atoms with Crippen molar-refractivity contribution in [1.82, 2.24) is 5.43 Å². The Morgan fingerprint density at radius 3 is 2.39 bits per heavy atom. The van der Waals surface area contributed by atoms with Crippen molar-refractivity contribution >= 4 is 70.1 Å². The molecular formula is C24H19Cl3N4O5. The number of amides is 3. The normalized spacial score (nSPS) is 10.6. The fourth-order valence-corrected chi connectivity index (χ4v) is 3.42. The van der Waals surface area contributed by atoms with Gasteiger partial charge in [-0.05, 0) is 60.2 Å². The van der Waals surface area contributed by atoms with Crippen molar-refractivity contribution in [2.24, 2.45) is 5.10 Å². The van der Waals surface area contributed by atoms with Crippen molar-refractivity contribution in [1.29, 1.82) is 0 Å². The largest absolute Gasteiger partial charge is 0.493 e. The Kier molecular flexibility index (Phi) is 9.52. The molecule has 0 aliphatic rings. The third-order valence-electron chi connectivity index (χ3n) is 4.42. The smallest absolute Gasteiger partial charge is 0.329 e. The molecule has 0 bridgehead atoms. The van der Waals surface area contributed by atoms with Crippen LogP contribution >= 0.6 is 34.8 Å². The second kappa shape index (κ2) is 12.8. The summed E-state index contributed by atoms with van der Waals surface area (Å²) in [6.07, 6.45) is 1.31. The fourth-order valence-electron chi connectivity index (χ4n) is 2.77. The maximum absolute atomic E-state index is 12.2. The van der Waals surface area contributed by atoms with Crippen molar-refractivity contribution in [3.8, 4) is 11.5 Å². The average Bonchev–Trinajstić information content (AvgIpc) is 2.84. The molecule has 12 heteroatoms. The van der Waals surface area contributed by atoms with Crippen LogP contribution in [-0.4, -0.2) is 37.7 Å². The zero-order chi connectivity index (χ0) is 26.1. The zero-order valence-corrected chi connectivity index (χ0v) is 20.9. The van der Waals surface area contributed by atoms with Crippen molar-refractivity contribution in [2.45, 2.75) is 0 Å². The van der Waals surface area contributed by atoms with Crippen LogP contribution < -0.4 is 25.5 Å². The van der Waals surface area contributed by atoms with E-state index in [9.17, 15) is 14.4 Å². The third-order valence-corrected chi connectivity index (χ3v) is 5.20. The first kappa shape index (κ1) is 26.8. The Morgan fingerprint density at radius 1 is 0.889 bits per heavy atom. The summed E-state index contributed by atoms with van der Waals surface area (Å²) in [7, 11) is 1.43. The van der Waals surface area contributed by atoms with E-state index >= 15 is 0 Å². The molecule has 0 saturated heterocycles. The summed E-state index contributed by atoms with van der Waals surface area (Å²) >= 11 is 17.8. The number of ether oxygens (including phenoxy) is 2. The molecule has 0 aliphatic heterocycles. The van der Waals surface area contributed by atoms with E-state index in [1.165, 1.54) is 25.5 Å². The first-order chi connectivity index (χ1) is 17.2. The van der Waals surface area contributed by atoms with Crippen LogP contribution in [0.5, 0.6) is 11.5 Å². The fraction of sp³-hybridized carbons (Fsp3) is 0.0833. The number of hydrogen-bond donors (Lipinski definition) is 3. The number of nitrogens with one attached hydrogen (secondary N) is 3. The van der Waals surface area contributed by atoms with Gasteiger partial charge in [0.05, 0.1) is 24.0 Å². The summed E-state index contributed by atoms with van der Waals surface area (Å²) in [6.45, 7) is -0.305. The number of rotatable bonds is 8. The van der Waals surface area contributed by atoms with Gasteiger partial charge in [-0.2, -0.15) is 5.10 Å². The van der Waals surface area contributed by atoms with E-state index in [2.05, 4.69) is 21.2 Å². The van der Waals surface area contributed by atoms with E-state index in [-0.39, 0.29) is 6.61 Å². The number of carbonyl (C=O) groups excluding carboxylic acids is 3. The van der Waals surface area contributed by atoms with E-state index in [4.69, 9.17) is 44.3 Å². The van der Waals surface area contributed by atoms with E-state index < -0.39 is 17.7 Å². The highest BCUT2D eigenvalue weighted by Crippen LogP contribution is 2.28. The molecule has 0 spiro atoms. The van der Waals surface area contributed by atoms with Gasteiger partial charge in [0, 0.05) is 15.7 Å². The molecule has 0 unspecified atom stereocenters. The van der Waals surface area contributed by atoms with Gasteiger partial charge in [-0.25, -0.2) is 5.43 Å². The van der Waals surface area contributed by atoms with E-state index in [1.54, 1.807) is 48.5 Å². The molecule has 3 rings (SSSR count). The average molecular weight is 550 g/mol. The molecule has 3 aromatic carbocycles. The third kappa shape index (κ3) is 7.88. The van der Waals surface area contributed by atoms with Crippen LogP contribution in [0.1, 0.15) is 5.56 Å². The summed E-state index contributed by atoms with van der Waals surface area (Å²) in [4.78, 5) is 36.1. The Morgan fingerprint density at radius 2 is 1.67 bits per heavy atom. The van der Waals surface area contributed by atoms with Gasteiger partial charge in [0.25, 0.3) is 5.91 Å². The molecular weight excluding hydrogens is 531 g/mol. The number of anilines is 2. The van der Waals surface area contributed by atoms with Crippen LogP contribution in [-0.2, 0) is 14.4 Å². The Labute approximate surface area is 221 Å². The minimum atomic E-state index is -0.968. The molecule has 0 heterocycles. The molecule has 0 atom stereocenters. The lowest BCUT2D eigenvalue weighted by atomic mass is 10.2. The van der Waals surface area contributed by atoms with Crippen LogP contribution in [0.25, 0.3) is 0 Å². The van der Waals surface area contributed by atoms with E-state index in [1.807, 2.05) is 0 Å². The summed E-state index contributed by atoms with van der Waals surface area (Å²) in [5.41, 5.74) is 3.44. The molecule has 0 saturated carbocycles. The van der Waals surface area contributed by atoms with Crippen LogP contribution in [0.15, 0.2) is 65.8 Å². The molecule has 36 heavy (non-hydrogen) atoms. The van der Waals surface area contributed by atoms with Crippen LogP contribution in [0.2, 0.25) is 15.1 Å². The van der Waals surface area contributed by atoms with Gasteiger partial charge in [-0.3, -0.25) is 14.4 Å². The molecule has 3 amide bonds. The van der Waals surface area contributed by atoms with Gasteiger partial charge in [0.1, 0.15) is 0 Å². The predicted octanol–water partition coefficient (Wildman–Crippen LogP) is 4.76. The second-order valence-corrected chi connectivity index (χ2v) is 8.31. The van der Waals surface area contributed by atoms with Crippen LogP contribution in [0, 0.1) is 0 Å². The monoisotopic (exact) mass is 548 g/mol. The van der Waals surface area contributed by atoms with Gasteiger partial charge >= 0.3 is 11.8 Å². The number of methoxy groups -OCH3 is 1. The SMILES string of the molecule is COc1cc(/C=N\NC(=O)C(=O)Nc2cccc(Cl)c2)ccc1OCC(=O)Nc1ccc(Cl)cc1Cl. The Bertz CT molecular complexity index is 1320. The maximum Gasteiger partial charge on any atom is 0.329 e. The first-order valence-electron chi connectivity index (χ1n) is 10.2. The minimum absolute atomic E-state index is 0.297. The van der Waals surface area contributed by atoms with Gasteiger partial charge < -0.3 is 20.1 Å². The topological polar surface area (TPSA) is 118 Å². The summed E-state index contributed by atoms with van der Waals surface area (Å²) in [5.74, 6) is -1.69. The van der Waals surface area contributed by atoms with E-state index in [0.717, 1.165) is 0 Å². The van der Waals surface area contributed by atoms with Gasteiger partial charge in [-0.15, -0.1) is 0 Å². The summed E-state index contributed by atoms with van der Waals surface area (Å²) < 4.78 is 10.8. The Balaban J connectivity index is 1.53. The van der Waals surface area contributed by atoms with Crippen LogP contribution in [0.4, 0.5) is 11.4 Å². The molecule has 186 valence electrons. The lowest BCUT2D eigenvalue weighted by molar-refractivity contribution is -0.136. The highest BCUT2D eigenvalue weighted by Gasteiger charge is 2.13. The lowest BCUT2D eigenvalue weighted by Gasteiger charge is -2.12. The summed E-state index contributed by atoms with van der Waals surface area (Å²) in [6, 6.07) is 15.8. The molecule has 0 aromatic heterocycles. The molecule has 0 radical (unpaired) electrons. The molecule has 0 fully saturated rings. The number of halogens is 3. The number of hydrogen-bond acceptors (Lipinski definition) is 6. The molecule has 9 nitrogen and oxygen atoms in total. The maximum atomic E-state index is 12.2. The molecule has 0 aliphatic carbocycles. The van der Waals surface area contributed by atoms with Crippen molar-refractivity contribution < 1.29 is 23.9 Å². The van der Waals surface area contributed by atoms with Crippen molar-refractivity contribution in [3.05, 3.63) is 81.3 Å². The van der Waals surface area contributed by atoms with Gasteiger partial charge in [0.15, 0.2) is 18.1 Å². The van der Waals surface area contributed by atoms with Gasteiger partial charge in [-0.1, -0.05) is 40.9 Å². The molecule has 3 N–H and O–H groups in total. The molecule has 3 aromatic rings. The van der Waals surface area contributed by atoms with Crippen molar-refractivity contribution in [2.75, 3.05) is 24.4 Å². The van der Waals surface area contributed by atoms with Gasteiger partial charge in [0.2, 0.25) is 0 Å². The number of nitrogens with zero attached hydrogens (tertiary/aromatic N) is 1. The Hall–Kier alpha value is -3.79. The zero-order valence-electron chi connectivity index (χ0n) is 18.7. The second-order valence-electron chi connectivity index (χ2n) is 7.03.